The third-order valence-electron chi connectivity index (χ3n) is 6.24. The van der Waals surface area contributed by atoms with Gasteiger partial charge in [0.25, 0.3) is 0 Å². The minimum atomic E-state index is -0.195. The number of anilines is 2. The summed E-state index contributed by atoms with van der Waals surface area (Å²) in [5, 5.41) is 7.23. The van der Waals surface area contributed by atoms with E-state index in [9.17, 15) is 4.79 Å². The van der Waals surface area contributed by atoms with E-state index in [0.29, 0.717) is 6.42 Å². The molecule has 0 amide bonds. The number of ether oxygens (including phenoxy) is 1. The van der Waals surface area contributed by atoms with Crippen LogP contribution >= 0.6 is 15.9 Å². The lowest BCUT2D eigenvalue weighted by atomic mass is 9.78. The second-order valence-electron chi connectivity index (χ2n) is 8.96. The fourth-order valence-electron chi connectivity index (χ4n) is 4.72. The van der Waals surface area contributed by atoms with Crippen molar-refractivity contribution in [1.82, 2.24) is 0 Å². The quantitative estimate of drug-likeness (QED) is 0.395. The zero-order valence-corrected chi connectivity index (χ0v) is 20.4. The number of rotatable bonds is 4. The Balaban J connectivity index is 1.52. The highest BCUT2D eigenvalue weighted by molar-refractivity contribution is 9.10. The van der Waals surface area contributed by atoms with Crippen LogP contribution in [0.1, 0.15) is 49.8 Å². The van der Waals surface area contributed by atoms with Gasteiger partial charge < -0.3 is 15.4 Å². The van der Waals surface area contributed by atoms with Gasteiger partial charge in [-0.05, 0) is 73.7 Å². The number of carbonyl (C=O) groups is 1. The second-order valence-corrected chi connectivity index (χ2v) is 9.87. The maximum Gasteiger partial charge on any atom is 0.163 e. The van der Waals surface area contributed by atoms with Crippen molar-refractivity contribution >= 4 is 33.1 Å². The molecule has 2 unspecified atom stereocenters. The van der Waals surface area contributed by atoms with E-state index in [4.69, 9.17) is 4.74 Å². The Kier molecular flexibility index (Phi) is 5.98. The predicted octanol–water partition coefficient (Wildman–Crippen LogP) is 7.22. The Hall–Kier alpha value is -3.05. The molecule has 5 heteroatoms. The average molecular weight is 503 g/mol. The Morgan fingerprint density at radius 3 is 2.24 bits per heavy atom. The molecule has 4 nitrogen and oxygen atoms in total. The van der Waals surface area contributed by atoms with E-state index in [1.807, 2.05) is 50.2 Å². The molecule has 2 atom stereocenters. The van der Waals surface area contributed by atoms with Crippen LogP contribution in [0.2, 0.25) is 0 Å². The predicted molar refractivity (Wildman–Crippen MR) is 137 cm³/mol. The van der Waals surface area contributed by atoms with Crippen LogP contribution in [-0.2, 0) is 4.79 Å². The number of para-hydroxylation sites is 2. The number of hydrogen-bond donors (Lipinski definition) is 2. The van der Waals surface area contributed by atoms with Gasteiger partial charge in [-0.25, -0.2) is 0 Å². The maximum absolute atomic E-state index is 13.6. The van der Waals surface area contributed by atoms with Crippen LogP contribution in [0, 0.1) is 0 Å². The molecule has 1 heterocycles. The minimum Gasteiger partial charge on any atom is -0.491 e. The topological polar surface area (TPSA) is 50.4 Å². The summed E-state index contributed by atoms with van der Waals surface area (Å²) in [4.78, 5) is 13.6. The third kappa shape index (κ3) is 4.55. The van der Waals surface area contributed by atoms with Crippen molar-refractivity contribution in [1.29, 1.82) is 0 Å². The van der Waals surface area contributed by atoms with Gasteiger partial charge in [0.15, 0.2) is 5.78 Å². The van der Waals surface area contributed by atoms with Gasteiger partial charge in [0.05, 0.1) is 23.5 Å². The highest BCUT2D eigenvalue weighted by atomic mass is 79.9. The molecule has 0 fully saturated rings. The highest BCUT2D eigenvalue weighted by Crippen LogP contribution is 2.44. The Bertz CT molecular complexity index is 1200. The van der Waals surface area contributed by atoms with E-state index in [-0.39, 0.29) is 23.8 Å². The second kappa shape index (κ2) is 9.06. The van der Waals surface area contributed by atoms with E-state index in [0.717, 1.165) is 44.9 Å². The monoisotopic (exact) mass is 502 g/mol. The first kappa shape index (κ1) is 21.8. The molecular weight excluding hydrogens is 476 g/mol. The lowest BCUT2D eigenvalue weighted by molar-refractivity contribution is -0.116. The first-order chi connectivity index (χ1) is 16.0. The molecular formula is C28H27BrN2O2. The van der Waals surface area contributed by atoms with Gasteiger partial charge in [0.2, 0.25) is 0 Å². The summed E-state index contributed by atoms with van der Waals surface area (Å²) in [6.45, 7) is 4.04. The van der Waals surface area contributed by atoms with Gasteiger partial charge >= 0.3 is 0 Å². The van der Waals surface area contributed by atoms with Crippen molar-refractivity contribution in [2.75, 3.05) is 10.6 Å². The largest absolute Gasteiger partial charge is 0.491 e. The van der Waals surface area contributed by atoms with Crippen LogP contribution in [0.25, 0.3) is 0 Å². The standard InChI is InChI=1S/C28H27BrN2O2/c1-17(2)33-22-13-9-18(10-14-22)20-15-25-27(26(32)16-20)28(19-7-11-21(29)12-8-19)31-24-6-4-3-5-23(24)30-25/h3-14,17,20,28,30-31H,15-16H2,1-2H3. The van der Waals surface area contributed by atoms with Gasteiger partial charge in [-0.3, -0.25) is 4.79 Å². The normalized spacial score (nSPS) is 19.8. The SMILES string of the molecule is CC(C)Oc1ccc(C2CC(=O)C3=C(C2)Nc2ccccc2NC3c2ccc(Br)cc2)cc1. The zero-order chi connectivity index (χ0) is 22.9. The number of benzene rings is 3. The van der Waals surface area contributed by atoms with Crippen LogP contribution in [-0.4, -0.2) is 11.9 Å². The van der Waals surface area contributed by atoms with Gasteiger partial charge in [0, 0.05) is 22.2 Å². The first-order valence-electron chi connectivity index (χ1n) is 11.4. The van der Waals surface area contributed by atoms with E-state index in [2.05, 4.69) is 63.0 Å². The molecule has 0 saturated carbocycles. The summed E-state index contributed by atoms with van der Waals surface area (Å²) < 4.78 is 6.81. The van der Waals surface area contributed by atoms with Crippen LogP contribution < -0.4 is 15.4 Å². The van der Waals surface area contributed by atoms with Gasteiger partial charge in [-0.1, -0.05) is 52.3 Å². The number of nitrogens with one attached hydrogen (secondary N) is 2. The van der Waals surface area contributed by atoms with E-state index >= 15 is 0 Å². The van der Waals surface area contributed by atoms with Crippen LogP contribution in [0.4, 0.5) is 11.4 Å². The van der Waals surface area contributed by atoms with E-state index in [1.165, 1.54) is 5.56 Å². The summed E-state index contributed by atoms with van der Waals surface area (Å²) in [5.41, 5.74) is 6.08. The van der Waals surface area contributed by atoms with Crippen LogP contribution in [0.5, 0.6) is 5.75 Å². The molecule has 1 aliphatic carbocycles. The van der Waals surface area contributed by atoms with Gasteiger partial charge in [-0.2, -0.15) is 0 Å². The molecule has 0 radical (unpaired) electrons. The molecule has 2 aliphatic rings. The van der Waals surface area contributed by atoms with Crippen molar-refractivity contribution in [2.24, 2.45) is 0 Å². The smallest absolute Gasteiger partial charge is 0.163 e. The lowest BCUT2D eigenvalue weighted by Crippen LogP contribution is -2.26. The third-order valence-corrected chi connectivity index (χ3v) is 6.76. The van der Waals surface area contributed by atoms with Crippen molar-refractivity contribution in [2.45, 2.75) is 44.8 Å². The molecule has 0 aromatic heterocycles. The number of Topliss-reactive ketones (excluding diaryl/α,β-unsaturated/α-hetero) is 1. The molecule has 0 bridgehead atoms. The summed E-state index contributed by atoms with van der Waals surface area (Å²) in [5.74, 6) is 1.17. The van der Waals surface area contributed by atoms with Gasteiger partial charge in [-0.15, -0.1) is 0 Å². The zero-order valence-electron chi connectivity index (χ0n) is 18.8. The Morgan fingerprint density at radius 2 is 1.55 bits per heavy atom. The fraction of sp³-hybridized carbons (Fsp3) is 0.250. The lowest BCUT2D eigenvalue weighted by Gasteiger charge is -2.30. The van der Waals surface area contributed by atoms with E-state index in [1.54, 1.807) is 0 Å². The van der Waals surface area contributed by atoms with Crippen LogP contribution in [0.15, 0.2) is 88.5 Å². The number of ketones is 1. The average Bonchev–Trinajstić information content (AvgIpc) is 2.96. The van der Waals surface area contributed by atoms with Crippen LogP contribution in [0.3, 0.4) is 0 Å². The van der Waals surface area contributed by atoms with Crippen molar-refractivity contribution in [3.05, 3.63) is 99.7 Å². The number of fused-ring (bicyclic) bond motifs is 1. The summed E-state index contributed by atoms with van der Waals surface area (Å²) >= 11 is 3.52. The fourth-order valence-corrected chi connectivity index (χ4v) is 4.99. The molecule has 1 aliphatic heterocycles. The Morgan fingerprint density at radius 1 is 0.879 bits per heavy atom. The number of allylic oxidation sites excluding steroid dienone is 1. The highest BCUT2D eigenvalue weighted by Gasteiger charge is 2.36. The molecule has 0 spiro atoms. The summed E-state index contributed by atoms with van der Waals surface area (Å²) in [6, 6.07) is 24.4. The minimum absolute atomic E-state index is 0.132. The molecule has 2 N–H and O–H groups in total. The molecule has 5 rings (SSSR count). The molecule has 3 aromatic rings. The Labute approximate surface area is 203 Å². The number of hydrogen-bond acceptors (Lipinski definition) is 4. The van der Waals surface area contributed by atoms with Crippen molar-refractivity contribution in [3.63, 3.8) is 0 Å². The molecule has 33 heavy (non-hydrogen) atoms. The molecule has 0 saturated heterocycles. The number of carbonyl (C=O) groups excluding carboxylic acids is 1. The maximum atomic E-state index is 13.6. The molecule has 168 valence electrons. The first-order valence-corrected chi connectivity index (χ1v) is 12.2. The van der Waals surface area contributed by atoms with Gasteiger partial charge in [0.1, 0.15) is 5.75 Å². The van der Waals surface area contributed by atoms with Crippen molar-refractivity contribution < 1.29 is 9.53 Å². The summed E-state index contributed by atoms with van der Waals surface area (Å²) in [7, 11) is 0. The number of halogens is 1. The summed E-state index contributed by atoms with van der Waals surface area (Å²) in [6.07, 6.45) is 1.42. The molecule has 3 aromatic carbocycles. The van der Waals surface area contributed by atoms with E-state index < -0.39 is 0 Å². The van der Waals surface area contributed by atoms with Crippen molar-refractivity contribution in [3.8, 4) is 5.75 Å².